The molecule has 1 aromatic carbocycles. The van der Waals surface area contributed by atoms with Gasteiger partial charge in [0.2, 0.25) is 0 Å². The average Bonchev–Trinajstić information content (AvgIpc) is 3.11. The van der Waals surface area contributed by atoms with Gasteiger partial charge >= 0.3 is 11.8 Å². The van der Waals surface area contributed by atoms with E-state index in [4.69, 9.17) is 0 Å². The van der Waals surface area contributed by atoms with E-state index in [1.54, 1.807) is 0 Å². The summed E-state index contributed by atoms with van der Waals surface area (Å²) in [6.45, 7) is 0.397. The van der Waals surface area contributed by atoms with Crippen LogP contribution >= 0.6 is 0 Å². The van der Waals surface area contributed by atoms with Crippen LogP contribution < -0.4 is 5.32 Å². The molecule has 1 heterocycles. The highest BCUT2D eigenvalue weighted by atomic mass is 19.1. The Morgan fingerprint density at radius 3 is 2.32 bits per heavy atom. The molecular weight excluding hydrogens is 323 g/mol. The van der Waals surface area contributed by atoms with E-state index in [0.29, 0.717) is 24.9 Å². The molecule has 2 fully saturated rings. The summed E-state index contributed by atoms with van der Waals surface area (Å²) in [5.41, 5.74) is 0.360. The quantitative estimate of drug-likeness (QED) is 0.675. The highest BCUT2D eigenvalue weighted by Crippen LogP contribution is 2.22. The van der Waals surface area contributed by atoms with Crippen molar-refractivity contribution in [3.05, 3.63) is 35.6 Å². The molecule has 0 spiro atoms. The van der Waals surface area contributed by atoms with E-state index >= 15 is 0 Å². The van der Waals surface area contributed by atoms with Crippen molar-refractivity contribution in [3.8, 4) is 0 Å². The lowest BCUT2D eigenvalue weighted by Gasteiger charge is -2.26. The molecule has 2 amide bonds. The number of likely N-dealkylation sites (tertiary alicyclic amines) is 1. The van der Waals surface area contributed by atoms with Crippen LogP contribution in [-0.4, -0.2) is 41.1 Å². The van der Waals surface area contributed by atoms with E-state index in [-0.39, 0.29) is 11.8 Å². The van der Waals surface area contributed by atoms with Gasteiger partial charge in [-0.25, -0.2) is 4.39 Å². The molecular formula is C19H23FN2O3. The van der Waals surface area contributed by atoms with Gasteiger partial charge in [-0.15, -0.1) is 0 Å². The molecule has 3 rings (SSSR count). The second kappa shape index (κ2) is 7.76. The van der Waals surface area contributed by atoms with Gasteiger partial charge in [0.1, 0.15) is 5.82 Å². The maximum absolute atomic E-state index is 13.0. The molecule has 1 aliphatic carbocycles. The topological polar surface area (TPSA) is 66.5 Å². The summed E-state index contributed by atoms with van der Waals surface area (Å²) in [7, 11) is 0. The van der Waals surface area contributed by atoms with Gasteiger partial charge in [0.25, 0.3) is 0 Å². The summed E-state index contributed by atoms with van der Waals surface area (Å²) >= 11 is 0. The number of benzene rings is 1. The second-order valence-corrected chi connectivity index (χ2v) is 6.84. The first-order valence-corrected chi connectivity index (χ1v) is 8.97. The summed E-state index contributed by atoms with van der Waals surface area (Å²) in [5, 5.41) is 2.81. The third-order valence-electron chi connectivity index (χ3n) is 5.08. The molecule has 1 aliphatic heterocycles. The number of nitrogens with zero attached hydrogens (tertiary/aromatic N) is 1. The molecule has 0 aromatic heterocycles. The first kappa shape index (κ1) is 17.6. The summed E-state index contributed by atoms with van der Waals surface area (Å²) in [6.07, 6.45) is 6.30. The summed E-state index contributed by atoms with van der Waals surface area (Å²) < 4.78 is 13.0. The van der Waals surface area contributed by atoms with Crippen molar-refractivity contribution in [1.29, 1.82) is 0 Å². The second-order valence-electron chi connectivity index (χ2n) is 6.84. The van der Waals surface area contributed by atoms with Gasteiger partial charge in [-0.1, -0.05) is 19.3 Å². The maximum atomic E-state index is 13.0. The third kappa shape index (κ3) is 4.06. The van der Waals surface area contributed by atoms with Crippen molar-refractivity contribution in [2.24, 2.45) is 0 Å². The van der Waals surface area contributed by atoms with Gasteiger partial charge in [0.15, 0.2) is 5.78 Å². The van der Waals surface area contributed by atoms with Crippen LogP contribution in [0.3, 0.4) is 0 Å². The molecule has 6 heteroatoms. The minimum absolute atomic E-state index is 0.0547. The zero-order valence-electron chi connectivity index (χ0n) is 14.2. The number of nitrogens with one attached hydrogen (secondary N) is 1. The molecule has 25 heavy (non-hydrogen) atoms. The van der Waals surface area contributed by atoms with Crippen molar-refractivity contribution in [2.75, 3.05) is 6.54 Å². The Balaban J connectivity index is 1.65. The first-order valence-electron chi connectivity index (χ1n) is 8.97. The van der Waals surface area contributed by atoms with Gasteiger partial charge in [-0.2, -0.15) is 0 Å². The van der Waals surface area contributed by atoms with Gasteiger partial charge in [-0.05, 0) is 49.9 Å². The van der Waals surface area contributed by atoms with E-state index in [0.717, 1.165) is 25.7 Å². The summed E-state index contributed by atoms with van der Waals surface area (Å²) in [4.78, 5) is 38.8. The van der Waals surface area contributed by atoms with Crippen molar-refractivity contribution in [1.82, 2.24) is 10.2 Å². The predicted molar refractivity (Wildman–Crippen MR) is 90.5 cm³/mol. The minimum atomic E-state index is -0.643. The fraction of sp³-hybridized carbons (Fsp3) is 0.526. The number of amides is 2. The van der Waals surface area contributed by atoms with Gasteiger partial charge in [0, 0.05) is 18.2 Å². The Morgan fingerprint density at radius 2 is 1.64 bits per heavy atom. The zero-order valence-corrected chi connectivity index (χ0v) is 14.2. The molecule has 1 aromatic rings. The third-order valence-corrected chi connectivity index (χ3v) is 5.08. The molecule has 0 radical (unpaired) electrons. The first-order chi connectivity index (χ1) is 12.1. The number of carbonyl (C=O) groups excluding carboxylic acids is 3. The van der Waals surface area contributed by atoms with Crippen LogP contribution in [0.2, 0.25) is 0 Å². The Labute approximate surface area is 146 Å². The molecule has 1 saturated heterocycles. The fourth-order valence-corrected chi connectivity index (χ4v) is 3.71. The monoisotopic (exact) mass is 346 g/mol. The SMILES string of the molecule is O=C(NC1CCCCC1)C(=O)N1CCCC1C(=O)c1ccc(F)cc1. The Bertz CT molecular complexity index is 653. The molecule has 1 atom stereocenters. The van der Waals surface area contributed by atoms with Crippen molar-refractivity contribution in [3.63, 3.8) is 0 Å². The maximum Gasteiger partial charge on any atom is 0.312 e. The molecule has 1 N–H and O–H groups in total. The Kier molecular flexibility index (Phi) is 5.46. The highest BCUT2D eigenvalue weighted by molar-refractivity contribution is 6.35. The van der Waals surface area contributed by atoms with Crippen LogP contribution in [0.5, 0.6) is 0 Å². The van der Waals surface area contributed by atoms with Crippen molar-refractivity contribution in [2.45, 2.75) is 57.0 Å². The van der Waals surface area contributed by atoms with Crippen LogP contribution in [-0.2, 0) is 9.59 Å². The molecule has 1 saturated carbocycles. The molecule has 2 aliphatic rings. The van der Waals surface area contributed by atoms with E-state index in [2.05, 4.69) is 5.32 Å². The van der Waals surface area contributed by atoms with Crippen LogP contribution in [0.25, 0.3) is 0 Å². The van der Waals surface area contributed by atoms with Crippen LogP contribution in [0.1, 0.15) is 55.3 Å². The minimum Gasteiger partial charge on any atom is -0.345 e. The standard InChI is InChI=1S/C19H23FN2O3/c20-14-10-8-13(9-11-14)17(23)16-7-4-12-22(16)19(25)18(24)21-15-5-2-1-3-6-15/h8-11,15-16H,1-7,12H2,(H,21,24). The largest absolute Gasteiger partial charge is 0.345 e. The number of carbonyl (C=O) groups is 3. The zero-order chi connectivity index (χ0) is 17.8. The molecule has 134 valence electrons. The number of rotatable bonds is 3. The van der Waals surface area contributed by atoms with Crippen molar-refractivity contribution < 1.29 is 18.8 Å². The number of ketones is 1. The summed E-state index contributed by atoms with van der Waals surface area (Å²) in [6, 6.07) is 4.70. The van der Waals surface area contributed by atoms with E-state index < -0.39 is 23.7 Å². The molecule has 1 unspecified atom stereocenters. The molecule has 5 nitrogen and oxygen atoms in total. The predicted octanol–water partition coefficient (Wildman–Crippen LogP) is 2.45. The van der Waals surface area contributed by atoms with Crippen LogP contribution in [0.15, 0.2) is 24.3 Å². The lowest BCUT2D eigenvalue weighted by Crippen LogP contribution is -2.50. The smallest absolute Gasteiger partial charge is 0.312 e. The van der Waals surface area contributed by atoms with Crippen molar-refractivity contribution >= 4 is 17.6 Å². The van der Waals surface area contributed by atoms with Gasteiger partial charge in [-0.3, -0.25) is 14.4 Å². The normalized spacial score (nSPS) is 21.2. The lowest BCUT2D eigenvalue weighted by atomic mass is 9.95. The lowest BCUT2D eigenvalue weighted by molar-refractivity contribution is -0.146. The fourth-order valence-electron chi connectivity index (χ4n) is 3.71. The van der Waals surface area contributed by atoms with Gasteiger partial charge in [0.05, 0.1) is 6.04 Å². The number of halogens is 1. The Morgan fingerprint density at radius 1 is 0.960 bits per heavy atom. The van der Waals surface area contributed by atoms with Gasteiger partial charge < -0.3 is 10.2 Å². The van der Waals surface area contributed by atoms with Crippen LogP contribution in [0.4, 0.5) is 4.39 Å². The highest BCUT2D eigenvalue weighted by Gasteiger charge is 2.37. The molecule has 0 bridgehead atoms. The van der Waals surface area contributed by atoms with E-state index in [1.165, 1.54) is 35.6 Å². The number of hydrogen-bond donors (Lipinski definition) is 1. The Hall–Kier alpha value is -2.24. The average molecular weight is 346 g/mol. The number of hydrogen-bond acceptors (Lipinski definition) is 3. The summed E-state index contributed by atoms with van der Waals surface area (Å²) in [5.74, 6) is -1.91. The number of Topliss-reactive ketones (excluding diaryl/α,β-unsaturated/α-hetero) is 1. The van der Waals surface area contributed by atoms with E-state index in [1.807, 2.05) is 0 Å². The van der Waals surface area contributed by atoms with Crippen LogP contribution in [0, 0.1) is 5.82 Å². The van der Waals surface area contributed by atoms with E-state index in [9.17, 15) is 18.8 Å².